The molecule has 0 radical (unpaired) electrons. The number of ether oxygens (including phenoxy) is 1. The van der Waals surface area contributed by atoms with E-state index in [1.807, 2.05) is 13.0 Å². The summed E-state index contributed by atoms with van der Waals surface area (Å²) in [5.74, 6) is 0. The molecule has 0 aliphatic carbocycles. The Morgan fingerprint density at radius 3 is 2.59 bits per heavy atom. The molecule has 1 aromatic carbocycles. The van der Waals surface area contributed by atoms with E-state index in [1.165, 1.54) is 0 Å². The van der Waals surface area contributed by atoms with Crippen molar-refractivity contribution < 1.29 is 19.7 Å². The topological polar surface area (TPSA) is 78.8 Å². The molecule has 0 bridgehead atoms. The van der Waals surface area contributed by atoms with Crippen molar-refractivity contribution >= 4 is 17.7 Å². The summed E-state index contributed by atoms with van der Waals surface area (Å²) in [5, 5.41) is 23.1. The van der Waals surface area contributed by atoms with Crippen LogP contribution in [0, 0.1) is 6.92 Å². The molecule has 0 fully saturated rings. The highest BCUT2D eigenvalue weighted by molar-refractivity contribution is 6.31. The largest absolute Gasteiger partial charge is 0.444 e. The van der Waals surface area contributed by atoms with E-state index in [0.29, 0.717) is 10.6 Å². The first kappa shape index (κ1) is 18.7. The summed E-state index contributed by atoms with van der Waals surface area (Å²) < 4.78 is 5.08. The van der Waals surface area contributed by atoms with Gasteiger partial charge in [-0.1, -0.05) is 29.3 Å². The SMILES string of the molecule is Cc1ccc(Cl)c(C(O)C(O)CCNC(=O)OC(C)(C)C)c1. The molecular formula is C16H24ClNO4. The average molecular weight is 330 g/mol. The smallest absolute Gasteiger partial charge is 0.407 e. The van der Waals surface area contributed by atoms with Crippen molar-refractivity contribution in [2.75, 3.05) is 6.54 Å². The van der Waals surface area contributed by atoms with Crippen LogP contribution in [-0.4, -0.2) is 34.6 Å². The third-order valence-electron chi connectivity index (χ3n) is 2.94. The van der Waals surface area contributed by atoms with Crippen molar-refractivity contribution in [1.82, 2.24) is 5.32 Å². The van der Waals surface area contributed by atoms with E-state index in [4.69, 9.17) is 16.3 Å². The van der Waals surface area contributed by atoms with Gasteiger partial charge in [0.1, 0.15) is 11.7 Å². The number of aryl methyl sites for hydroxylation is 1. The van der Waals surface area contributed by atoms with Crippen molar-refractivity contribution in [3.63, 3.8) is 0 Å². The molecule has 0 aliphatic heterocycles. The Kier molecular flexibility index (Phi) is 6.66. The number of carbonyl (C=O) groups excluding carboxylic acids is 1. The first-order valence-electron chi connectivity index (χ1n) is 7.19. The van der Waals surface area contributed by atoms with Crippen LogP contribution in [0.5, 0.6) is 0 Å². The number of amides is 1. The first-order valence-corrected chi connectivity index (χ1v) is 7.57. The van der Waals surface area contributed by atoms with Gasteiger partial charge in [0.15, 0.2) is 0 Å². The highest BCUT2D eigenvalue weighted by atomic mass is 35.5. The van der Waals surface area contributed by atoms with Gasteiger partial charge in [-0.2, -0.15) is 0 Å². The van der Waals surface area contributed by atoms with Crippen molar-refractivity contribution in [1.29, 1.82) is 0 Å². The number of aliphatic hydroxyl groups is 2. The Bertz CT molecular complexity index is 513. The highest BCUT2D eigenvalue weighted by Crippen LogP contribution is 2.27. The van der Waals surface area contributed by atoms with Crippen LogP contribution in [0.15, 0.2) is 18.2 Å². The maximum absolute atomic E-state index is 11.5. The summed E-state index contributed by atoms with van der Waals surface area (Å²) in [5.41, 5.74) is 0.848. The van der Waals surface area contributed by atoms with Crippen LogP contribution in [0.4, 0.5) is 4.79 Å². The minimum absolute atomic E-state index is 0.185. The molecule has 3 N–H and O–H groups in total. The lowest BCUT2D eigenvalue weighted by atomic mass is 10.0. The van der Waals surface area contributed by atoms with Crippen molar-refractivity contribution in [2.45, 2.75) is 51.9 Å². The number of halogens is 1. The van der Waals surface area contributed by atoms with Gasteiger partial charge in [0.25, 0.3) is 0 Å². The fraction of sp³-hybridized carbons (Fsp3) is 0.562. The minimum atomic E-state index is -1.10. The number of hydrogen-bond acceptors (Lipinski definition) is 4. The molecule has 1 rings (SSSR count). The molecule has 2 atom stereocenters. The Morgan fingerprint density at radius 1 is 1.36 bits per heavy atom. The molecule has 124 valence electrons. The van der Waals surface area contributed by atoms with Gasteiger partial charge in [-0.05, 0) is 40.2 Å². The monoisotopic (exact) mass is 329 g/mol. The van der Waals surface area contributed by atoms with Gasteiger partial charge in [-0.3, -0.25) is 0 Å². The standard InChI is InChI=1S/C16H24ClNO4/c1-10-5-6-12(17)11(9-10)14(20)13(19)7-8-18-15(21)22-16(2,3)4/h5-6,9,13-14,19-20H,7-8H2,1-4H3,(H,18,21). The normalized spacial score (nSPS) is 14.3. The maximum atomic E-state index is 11.5. The van der Waals surface area contributed by atoms with Gasteiger partial charge in [-0.25, -0.2) is 4.79 Å². The van der Waals surface area contributed by atoms with Crippen molar-refractivity contribution in [2.24, 2.45) is 0 Å². The van der Waals surface area contributed by atoms with E-state index in [0.717, 1.165) is 5.56 Å². The Morgan fingerprint density at radius 2 is 2.00 bits per heavy atom. The lowest BCUT2D eigenvalue weighted by molar-refractivity contribution is 0.0123. The van der Waals surface area contributed by atoms with Crippen LogP contribution in [0.1, 0.15) is 44.4 Å². The number of nitrogens with one attached hydrogen (secondary N) is 1. The van der Waals surface area contributed by atoms with Gasteiger partial charge >= 0.3 is 6.09 Å². The predicted octanol–water partition coefficient (Wildman–Crippen LogP) is 2.96. The first-order chi connectivity index (χ1) is 10.1. The van der Waals surface area contributed by atoms with E-state index < -0.39 is 23.9 Å². The molecule has 0 saturated heterocycles. The van der Waals surface area contributed by atoms with Crippen molar-refractivity contribution in [3.8, 4) is 0 Å². The lowest BCUT2D eigenvalue weighted by Gasteiger charge is -2.22. The van der Waals surface area contributed by atoms with Gasteiger partial charge in [0.2, 0.25) is 0 Å². The highest BCUT2D eigenvalue weighted by Gasteiger charge is 2.21. The van der Waals surface area contributed by atoms with Gasteiger partial charge in [0, 0.05) is 17.1 Å². The van der Waals surface area contributed by atoms with Crippen LogP contribution < -0.4 is 5.32 Å². The van der Waals surface area contributed by atoms with E-state index in [-0.39, 0.29) is 13.0 Å². The molecule has 1 amide bonds. The number of carbonyl (C=O) groups is 1. The molecular weight excluding hydrogens is 306 g/mol. The average Bonchev–Trinajstić information content (AvgIpc) is 2.38. The number of alkyl carbamates (subject to hydrolysis) is 1. The molecule has 22 heavy (non-hydrogen) atoms. The van der Waals surface area contributed by atoms with Gasteiger partial charge in [0.05, 0.1) is 6.10 Å². The molecule has 0 aliphatic rings. The summed E-state index contributed by atoms with van der Waals surface area (Å²) in [6.45, 7) is 7.38. The second-order valence-electron chi connectivity index (χ2n) is 6.25. The summed E-state index contributed by atoms with van der Waals surface area (Å²) in [6, 6.07) is 5.24. The summed E-state index contributed by atoms with van der Waals surface area (Å²) >= 11 is 6.03. The second-order valence-corrected chi connectivity index (χ2v) is 6.66. The van der Waals surface area contributed by atoms with E-state index in [1.54, 1.807) is 32.9 Å². The van der Waals surface area contributed by atoms with Gasteiger partial charge < -0.3 is 20.3 Å². The predicted molar refractivity (Wildman–Crippen MR) is 86.0 cm³/mol. The summed E-state index contributed by atoms with van der Waals surface area (Å²) in [7, 11) is 0. The molecule has 1 aromatic rings. The minimum Gasteiger partial charge on any atom is -0.444 e. The number of rotatable bonds is 5. The summed E-state index contributed by atoms with van der Waals surface area (Å²) in [4.78, 5) is 11.5. The van der Waals surface area contributed by atoms with Crippen LogP contribution in [0.25, 0.3) is 0 Å². The number of aliphatic hydroxyl groups excluding tert-OH is 2. The molecule has 5 nitrogen and oxygen atoms in total. The third-order valence-corrected chi connectivity index (χ3v) is 3.29. The molecule has 0 spiro atoms. The number of benzene rings is 1. The number of hydrogen-bond donors (Lipinski definition) is 3. The molecule has 0 heterocycles. The van der Waals surface area contributed by atoms with E-state index >= 15 is 0 Å². The second kappa shape index (κ2) is 7.81. The third kappa shape index (κ3) is 6.22. The zero-order valence-corrected chi connectivity index (χ0v) is 14.1. The van der Waals surface area contributed by atoms with Crippen LogP contribution in [0.3, 0.4) is 0 Å². The Hall–Kier alpha value is -1.30. The molecule has 0 saturated carbocycles. The maximum Gasteiger partial charge on any atom is 0.407 e. The van der Waals surface area contributed by atoms with Crippen LogP contribution in [-0.2, 0) is 4.74 Å². The zero-order chi connectivity index (χ0) is 16.9. The summed E-state index contributed by atoms with van der Waals surface area (Å²) in [6.07, 6.45) is -2.50. The van der Waals surface area contributed by atoms with Crippen LogP contribution in [0.2, 0.25) is 5.02 Å². The zero-order valence-electron chi connectivity index (χ0n) is 13.4. The Balaban J connectivity index is 2.50. The quantitative estimate of drug-likeness (QED) is 0.776. The molecule has 0 aromatic heterocycles. The van der Waals surface area contributed by atoms with Crippen LogP contribution >= 0.6 is 11.6 Å². The molecule has 2 unspecified atom stereocenters. The molecule has 6 heteroatoms. The fourth-order valence-corrected chi connectivity index (χ4v) is 2.12. The van der Waals surface area contributed by atoms with Gasteiger partial charge in [-0.15, -0.1) is 0 Å². The van der Waals surface area contributed by atoms with E-state index in [2.05, 4.69) is 5.32 Å². The fourth-order valence-electron chi connectivity index (χ4n) is 1.89. The van der Waals surface area contributed by atoms with E-state index in [9.17, 15) is 15.0 Å². The Labute approximate surface area is 136 Å². The van der Waals surface area contributed by atoms with Crippen molar-refractivity contribution in [3.05, 3.63) is 34.3 Å². The lowest BCUT2D eigenvalue weighted by Crippen LogP contribution is -2.34.